The minimum atomic E-state index is -0.327. The average molecular weight is 394 g/mol. The van der Waals surface area contributed by atoms with Gasteiger partial charge in [-0.25, -0.2) is 0 Å². The lowest BCUT2D eigenvalue weighted by Gasteiger charge is -2.30. The first-order valence-corrected chi connectivity index (χ1v) is 10.3. The number of piperidine rings is 1. The first-order valence-electron chi connectivity index (χ1n) is 9.93. The number of halogens is 1. The van der Waals surface area contributed by atoms with Crippen molar-refractivity contribution in [3.8, 4) is 5.69 Å². The number of nitrogens with zero attached hydrogens (tertiary/aromatic N) is 3. The van der Waals surface area contributed by atoms with Gasteiger partial charge in [-0.05, 0) is 82.1 Å². The largest absolute Gasteiger partial charge is 0.306 e. The van der Waals surface area contributed by atoms with E-state index >= 15 is 0 Å². The van der Waals surface area contributed by atoms with Gasteiger partial charge in [-0.2, -0.15) is 4.98 Å². The summed E-state index contributed by atoms with van der Waals surface area (Å²) in [5.41, 5.74) is 4.01. The quantitative estimate of drug-likeness (QED) is 0.611. The van der Waals surface area contributed by atoms with E-state index in [4.69, 9.17) is 11.6 Å². The molecule has 0 spiro atoms. The van der Waals surface area contributed by atoms with Crippen molar-refractivity contribution in [2.45, 2.75) is 38.0 Å². The maximum Gasteiger partial charge on any atom is 0.282 e. The summed E-state index contributed by atoms with van der Waals surface area (Å²) in [6, 6.07) is 12.4. The molecule has 0 amide bonds. The molecule has 0 atom stereocenters. The molecule has 3 heterocycles. The van der Waals surface area contributed by atoms with Gasteiger partial charge in [0, 0.05) is 0 Å². The lowest BCUT2D eigenvalue weighted by Crippen LogP contribution is -2.29. The summed E-state index contributed by atoms with van der Waals surface area (Å²) in [5, 5.41) is 0.954. The van der Waals surface area contributed by atoms with Crippen LogP contribution in [0, 0.1) is 0 Å². The fourth-order valence-corrected chi connectivity index (χ4v) is 5.11. The second-order valence-electron chi connectivity index (χ2n) is 8.69. The van der Waals surface area contributed by atoms with Crippen LogP contribution in [0.25, 0.3) is 16.6 Å². The molecule has 3 aromatic rings. The van der Waals surface area contributed by atoms with Crippen LogP contribution < -0.4 is 5.56 Å². The van der Waals surface area contributed by atoms with E-state index < -0.39 is 0 Å². The average Bonchev–Trinajstić information content (AvgIpc) is 2.89. The molecule has 144 valence electrons. The monoisotopic (exact) mass is 393 g/mol. The van der Waals surface area contributed by atoms with Crippen molar-refractivity contribution in [2.75, 3.05) is 20.1 Å². The van der Waals surface area contributed by atoms with E-state index in [0.29, 0.717) is 16.3 Å². The number of hydrogen-bond acceptors (Lipinski definition) is 3. The molecule has 0 radical (unpaired) electrons. The molecule has 4 nitrogen and oxygen atoms in total. The van der Waals surface area contributed by atoms with E-state index in [-0.39, 0.29) is 11.0 Å². The molecule has 1 fully saturated rings. The number of fused-ring (bicyclic) bond motifs is 5. The standard InChI is InChI=1S/C23H24ClN3O/c1-23(2)16-13-15(14-9-11-26(3)12-10-14)7-8-18(16)27-19-6-4-5-17(24)20(19)21(28)25-22(23)27/h4-8,13-14H,9-12H2,1-3H3. The van der Waals surface area contributed by atoms with E-state index in [1.165, 1.54) is 24.0 Å². The molecular formula is C23H24ClN3O. The highest BCUT2D eigenvalue weighted by Gasteiger charge is 2.39. The molecule has 0 aliphatic carbocycles. The van der Waals surface area contributed by atoms with Gasteiger partial charge in [0.15, 0.2) is 0 Å². The predicted octanol–water partition coefficient (Wildman–Crippen LogP) is 4.49. The van der Waals surface area contributed by atoms with Crippen LogP contribution in [-0.2, 0) is 5.41 Å². The van der Waals surface area contributed by atoms with Crippen molar-refractivity contribution < 1.29 is 0 Å². The maximum atomic E-state index is 12.7. The second-order valence-corrected chi connectivity index (χ2v) is 9.10. The zero-order chi connectivity index (χ0) is 19.6. The fraction of sp³-hybridized carbons (Fsp3) is 0.391. The Morgan fingerprint density at radius 1 is 1.14 bits per heavy atom. The van der Waals surface area contributed by atoms with E-state index in [1.54, 1.807) is 6.07 Å². The Balaban J connectivity index is 1.72. The van der Waals surface area contributed by atoms with Crippen LogP contribution in [0.3, 0.4) is 0 Å². The molecule has 0 N–H and O–H groups in total. The van der Waals surface area contributed by atoms with Crippen LogP contribution in [-0.4, -0.2) is 34.6 Å². The molecule has 0 unspecified atom stereocenters. The minimum absolute atomic E-state index is 0.247. The second kappa shape index (κ2) is 6.16. The van der Waals surface area contributed by atoms with Crippen molar-refractivity contribution in [1.82, 2.24) is 14.5 Å². The Labute approximate surface area is 169 Å². The van der Waals surface area contributed by atoms with Crippen LogP contribution in [0.2, 0.25) is 5.02 Å². The molecule has 2 aliphatic rings. The van der Waals surface area contributed by atoms with E-state index in [9.17, 15) is 4.79 Å². The number of rotatable bonds is 1. The molecule has 28 heavy (non-hydrogen) atoms. The van der Waals surface area contributed by atoms with Crippen LogP contribution in [0.4, 0.5) is 0 Å². The highest BCUT2D eigenvalue weighted by Crippen LogP contribution is 2.44. The topological polar surface area (TPSA) is 38.1 Å². The Morgan fingerprint density at radius 2 is 1.89 bits per heavy atom. The molecule has 5 rings (SSSR count). The van der Waals surface area contributed by atoms with Gasteiger partial charge >= 0.3 is 0 Å². The summed E-state index contributed by atoms with van der Waals surface area (Å²) in [4.78, 5) is 19.6. The Morgan fingerprint density at radius 3 is 2.64 bits per heavy atom. The third-order valence-electron chi connectivity index (χ3n) is 6.55. The van der Waals surface area contributed by atoms with Crippen molar-refractivity contribution in [3.05, 3.63) is 68.7 Å². The van der Waals surface area contributed by atoms with E-state index in [2.05, 4.69) is 53.5 Å². The molecule has 1 saturated heterocycles. The zero-order valence-electron chi connectivity index (χ0n) is 16.5. The van der Waals surface area contributed by atoms with Gasteiger partial charge in [0.2, 0.25) is 0 Å². The van der Waals surface area contributed by atoms with Crippen LogP contribution in [0.1, 0.15) is 49.6 Å². The van der Waals surface area contributed by atoms with Gasteiger partial charge in [0.25, 0.3) is 5.56 Å². The summed E-state index contributed by atoms with van der Waals surface area (Å²) in [5.74, 6) is 1.39. The third kappa shape index (κ3) is 2.48. The number of aromatic nitrogens is 2. The highest BCUT2D eigenvalue weighted by atomic mass is 35.5. The number of likely N-dealkylation sites (tertiary alicyclic amines) is 1. The van der Waals surface area contributed by atoms with Crippen molar-refractivity contribution in [2.24, 2.45) is 0 Å². The Hall–Kier alpha value is -2.17. The fourth-order valence-electron chi connectivity index (χ4n) is 4.86. The van der Waals surface area contributed by atoms with Gasteiger partial charge in [-0.15, -0.1) is 0 Å². The van der Waals surface area contributed by atoms with Crippen LogP contribution >= 0.6 is 11.6 Å². The van der Waals surface area contributed by atoms with E-state index in [0.717, 1.165) is 30.1 Å². The summed E-state index contributed by atoms with van der Waals surface area (Å²) in [7, 11) is 2.19. The molecule has 2 aliphatic heterocycles. The van der Waals surface area contributed by atoms with Gasteiger partial charge in [0.05, 0.1) is 27.0 Å². The first-order chi connectivity index (χ1) is 13.4. The lowest BCUT2D eigenvalue weighted by molar-refractivity contribution is 0.255. The smallest absolute Gasteiger partial charge is 0.282 e. The number of hydrogen-bond donors (Lipinski definition) is 0. The Bertz CT molecular complexity index is 1160. The first kappa shape index (κ1) is 17.9. The minimum Gasteiger partial charge on any atom is -0.306 e. The SMILES string of the molecule is CN1CCC(c2ccc3c(c2)C(C)(C)c2nc(=O)c4c(Cl)cccc4n2-3)CC1. The summed E-state index contributed by atoms with van der Waals surface area (Å²) >= 11 is 6.34. The van der Waals surface area contributed by atoms with E-state index in [1.807, 2.05) is 12.1 Å². The lowest BCUT2D eigenvalue weighted by atomic mass is 9.81. The van der Waals surface area contributed by atoms with Gasteiger partial charge in [0.1, 0.15) is 5.82 Å². The molecule has 2 aromatic carbocycles. The van der Waals surface area contributed by atoms with Crippen LogP contribution in [0.15, 0.2) is 41.2 Å². The van der Waals surface area contributed by atoms with Gasteiger partial charge in [-0.3, -0.25) is 9.36 Å². The third-order valence-corrected chi connectivity index (χ3v) is 6.86. The molecule has 5 heteroatoms. The highest BCUT2D eigenvalue weighted by molar-refractivity contribution is 6.35. The van der Waals surface area contributed by atoms with Gasteiger partial charge in [-0.1, -0.05) is 29.8 Å². The zero-order valence-corrected chi connectivity index (χ0v) is 17.3. The van der Waals surface area contributed by atoms with Gasteiger partial charge < -0.3 is 4.90 Å². The number of benzene rings is 2. The van der Waals surface area contributed by atoms with Crippen molar-refractivity contribution in [1.29, 1.82) is 0 Å². The van der Waals surface area contributed by atoms with Crippen molar-refractivity contribution in [3.63, 3.8) is 0 Å². The molecule has 0 bridgehead atoms. The summed E-state index contributed by atoms with van der Waals surface area (Å²) < 4.78 is 2.12. The maximum absolute atomic E-state index is 12.7. The molecule has 0 saturated carbocycles. The Kier molecular flexibility index (Phi) is 3.94. The normalized spacial score (nSPS) is 19.0. The summed E-state index contributed by atoms with van der Waals surface area (Å²) in [6.45, 7) is 6.60. The van der Waals surface area contributed by atoms with Crippen molar-refractivity contribution >= 4 is 22.5 Å². The van der Waals surface area contributed by atoms with Crippen LogP contribution in [0.5, 0.6) is 0 Å². The molecule has 1 aromatic heterocycles. The predicted molar refractivity (Wildman–Crippen MR) is 114 cm³/mol. The summed E-state index contributed by atoms with van der Waals surface area (Å²) in [6.07, 6.45) is 2.38. The molecular weight excluding hydrogens is 370 g/mol.